The smallest absolute Gasteiger partial charge is 0.164 e. The van der Waals surface area contributed by atoms with Gasteiger partial charge in [-0.15, -0.1) is 0 Å². The Bertz CT molecular complexity index is 3330. The maximum absolute atomic E-state index is 5.08. The average Bonchev–Trinajstić information content (AvgIpc) is 3.36. The molecule has 0 saturated heterocycles. The molecule has 0 fully saturated rings. The molecule has 6 heteroatoms. The zero-order valence-electron chi connectivity index (χ0n) is 33.5. The van der Waals surface area contributed by atoms with Crippen LogP contribution < -0.4 is 0 Å². The van der Waals surface area contributed by atoms with Crippen LogP contribution in [0.5, 0.6) is 0 Å². The molecule has 0 saturated carbocycles. The standard InChI is InChI=1S/C56H36N6/c1-4-15-40(16-5-1)51-57-52(41-17-6-2-7-18-41)59-54(58-51)43-30-27-39(28-31-43)49-25-13-22-38-29-32-46(36-50(38)49)45-23-12-24-47(35-45)55-60-53(42-19-8-3-9-20-42)61-56(62-55)48-33-26-37-14-10-11-21-44(37)34-48/h1-36H. The van der Waals surface area contributed by atoms with E-state index in [1.807, 2.05) is 91.0 Å². The van der Waals surface area contributed by atoms with Crippen molar-refractivity contribution in [3.8, 4) is 90.6 Å². The normalized spacial score (nSPS) is 11.2. The fourth-order valence-electron chi connectivity index (χ4n) is 7.96. The van der Waals surface area contributed by atoms with E-state index in [1.54, 1.807) is 0 Å². The van der Waals surface area contributed by atoms with E-state index in [9.17, 15) is 0 Å². The van der Waals surface area contributed by atoms with Crippen molar-refractivity contribution in [3.63, 3.8) is 0 Å². The van der Waals surface area contributed by atoms with Crippen LogP contribution in [0.2, 0.25) is 0 Å². The van der Waals surface area contributed by atoms with Gasteiger partial charge in [0.1, 0.15) is 0 Å². The highest BCUT2D eigenvalue weighted by Gasteiger charge is 2.16. The molecule has 62 heavy (non-hydrogen) atoms. The van der Waals surface area contributed by atoms with Crippen molar-refractivity contribution in [2.75, 3.05) is 0 Å². The third-order valence-electron chi connectivity index (χ3n) is 11.2. The lowest BCUT2D eigenvalue weighted by Gasteiger charge is -2.12. The predicted octanol–water partition coefficient (Wildman–Crippen LogP) is 13.7. The predicted molar refractivity (Wildman–Crippen MR) is 252 cm³/mol. The Hall–Kier alpha value is -8.48. The first kappa shape index (κ1) is 36.6. The van der Waals surface area contributed by atoms with Gasteiger partial charge in [-0.05, 0) is 62.0 Å². The molecule has 2 heterocycles. The summed E-state index contributed by atoms with van der Waals surface area (Å²) >= 11 is 0. The summed E-state index contributed by atoms with van der Waals surface area (Å²) in [5.41, 5.74) is 10.0. The Balaban J connectivity index is 0.953. The fraction of sp³-hybridized carbons (Fsp3) is 0. The lowest BCUT2D eigenvalue weighted by Crippen LogP contribution is -2.00. The molecule has 0 aliphatic heterocycles. The van der Waals surface area contributed by atoms with Crippen LogP contribution >= 0.6 is 0 Å². The minimum atomic E-state index is 0.621. The zero-order chi connectivity index (χ0) is 41.2. The van der Waals surface area contributed by atoms with Gasteiger partial charge in [-0.1, -0.05) is 200 Å². The second kappa shape index (κ2) is 15.9. The van der Waals surface area contributed by atoms with Crippen LogP contribution in [-0.4, -0.2) is 29.9 Å². The van der Waals surface area contributed by atoms with E-state index in [-0.39, 0.29) is 0 Å². The zero-order valence-corrected chi connectivity index (χ0v) is 33.5. The summed E-state index contributed by atoms with van der Waals surface area (Å²) in [6, 6.07) is 75.0. The van der Waals surface area contributed by atoms with Crippen molar-refractivity contribution in [1.29, 1.82) is 0 Å². The van der Waals surface area contributed by atoms with Crippen LogP contribution in [-0.2, 0) is 0 Å². The number of aromatic nitrogens is 6. The summed E-state index contributed by atoms with van der Waals surface area (Å²) in [7, 11) is 0. The molecule has 0 amide bonds. The summed E-state index contributed by atoms with van der Waals surface area (Å²) in [6.45, 7) is 0. The summed E-state index contributed by atoms with van der Waals surface area (Å²) in [5, 5.41) is 4.63. The fourth-order valence-corrected chi connectivity index (χ4v) is 7.96. The molecule has 0 aliphatic carbocycles. The SMILES string of the molecule is c1ccc(-c2nc(-c3ccccc3)nc(-c3ccc(-c4cccc5ccc(-c6cccc(-c7nc(-c8ccccc8)nc(-c8ccc9ccccc9c8)n7)c6)cc45)cc3)n2)cc1. The summed E-state index contributed by atoms with van der Waals surface area (Å²) in [6.07, 6.45) is 0. The highest BCUT2D eigenvalue weighted by Crippen LogP contribution is 2.35. The van der Waals surface area contributed by atoms with Gasteiger partial charge >= 0.3 is 0 Å². The number of rotatable bonds is 8. The van der Waals surface area contributed by atoms with Gasteiger partial charge in [0.05, 0.1) is 0 Å². The largest absolute Gasteiger partial charge is 0.208 e. The molecule has 0 N–H and O–H groups in total. The van der Waals surface area contributed by atoms with Gasteiger partial charge in [0.2, 0.25) is 0 Å². The van der Waals surface area contributed by atoms with Gasteiger partial charge < -0.3 is 0 Å². The number of hydrogen-bond acceptors (Lipinski definition) is 6. The van der Waals surface area contributed by atoms with Crippen molar-refractivity contribution >= 4 is 21.5 Å². The monoisotopic (exact) mass is 792 g/mol. The Labute approximate surface area is 359 Å². The van der Waals surface area contributed by atoms with Gasteiger partial charge in [0, 0.05) is 33.4 Å². The molecule has 2 aromatic heterocycles. The lowest BCUT2D eigenvalue weighted by molar-refractivity contribution is 1.07. The van der Waals surface area contributed by atoms with Gasteiger partial charge in [-0.25, -0.2) is 29.9 Å². The summed E-state index contributed by atoms with van der Waals surface area (Å²) in [4.78, 5) is 29.8. The Kier molecular flexibility index (Phi) is 9.41. The van der Waals surface area contributed by atoms with Gasteiger partial charge in [0.25, 0.3) is 0 Å². The first-order chi connectivity index (χ1) is 30.7. The molecule has 0 radical (unpaired) electrons. The lowest BCUT2D eigenvalue weighted by atomic mass is 9.94. The van der Waals surface area contributed by atoms with E-state index in [1.165, 1.54) is 5.39 Å². The first-order valence-electron chi connectivity index (χ1n) is 20.6. The molecule has 0 spiro atoms. The maximum atomic E-state index is 5.08. The number of fused-ring (bicyclic) bond motifs is 2. The third kappa shape index (κ3) is 7.27. The molecule has 9 aromatic carbocycles. The average molecular weight is 793 g/mol. The van der Waals surface area contributed by atoms with Gasteiger partial charge in [-0.3, -0.25) is 0 Å². The van der Waals surface area contributed by atoms with E-state index >= 15 is 0 Å². The second-order valence-electron chi connectivity index (χ2n) is 15.2. The molecule has 0 aliphatic rings. The molecule has 0 bridgehead atoms. The summed E-state index contributed by atoms with van der Waals surface area (Å²) in [5.74, 6) is 3.80. The van der Waals surface area contributed by atoms with Crippen LogP contribution in [0.3, 0.4) is 0 Å². The molecular formula is C56H36N6. The first-order valence-corrected chi connectivity index (χ1v) is 20.6. The maximum Gasteiger partial charge on any atom is 0.164 e. The topological polar surface area (TPSA) is 77.3 Å². The number of nitrogens with zero attached hydrogens (tertiary/aromatic N) is 6. The molecule has 11 aromatic rings. The highest BCUT2D eigenvalue weighted by molar-refractivity contribution is 5.99. The quantitative estimate of drug-likeness (QED) is 0.152. The third-order valence-corrected chi connectivity index (χ3v) is 11.2. The van der Waals surface area contributed by atoms with Crippen molar-refractivity contribution in [3.05, 3.63) is 218 Å². The molecule has 6 nitrogen and oxygen atoms in total. The van der Waals surface area contributed by atoms with E-state index in [4.69, 9.17) is 29.9 Å². The van der Waals surface area contributed by atoms with Gasteiger partial charge in [0.15, 0.2) is 34.9 Å². The van der Waals surface area contributed by atoms with Crippen LogP contribution in [0.1, 0.15) is 0 Å². The van der Waals surface area contributed by atoms with Crippen molar-refractivity contribution in [2.24, 2.45) is 0 Å². The molecular weight excluding hydrogens is 757 g/mol. The van der Waals surface area contributed by atoms with Crippen molar-refractivity contribution < 1.29 is 0 Å². The molecule has 0 unspecified atom stereocenters. The van der Waals surface area contributed by atoms with Gasteiger partial charge in [-0.2, -0.15) is 0 Å². The minimum Gasteiger partial charge on any atom is -0.208 e. The van der Waals surface area contributed by atoms with Crippen molar-refractivity contribution in [1.82, 2.24) is 29.9 Å². The summed E-state index contributed by atoms with van der Waals surface area (Å²) < 4.78 is 0. The van der Waals surface area contributed by atoms with E-state index in [0.29, 0.717) is 34.9 Å². The number of hydrogen-bond donors (Lipinski definition) is 0. The molecule has 11 rings (SSSR count). The van der Waals surface area contributed by atoms with Crippen LogP contribution in [0.25, 0.3) is 112 Å². The van der Waals surface area contributed by atoms with Crippen LogP contribution in [0.15, 0.2) is 218 Å². The molecule has 0 atom stereocenters. The highest BCUT2D eigenvalue weighted by atomic mass is 15.0. The van der Waals surface area contributed by atoms with Crippen LogP contribution in [0.4, 0.5) is 0 Å². The Morgan fingerprint density at radius 1 is 0.194 bits per heavy atom. The number of benzene rings is 9. The Morgan fingerprint density at radius 2 is 0.548 bits per heavy atom. The van der Waals surface area contributed by atoms with Crippen molar-refractivity contribution in [2.45, 2.75) is 0 Å². The van der Waals surface area contributed by atoms with E-state index < -0.39 is 0 Å². The van der Waals surface area contributed by atoms with E-state index in [2.05, 4.69) is 127 Å². The second-order valence-corrected chi connectivity index (χ2v) is 15.2. The minimum absolute atomic E-state index is 0.621. The molecule has 290 valence electrons. The van der Waals surface area contributed by atoms with E-state index in [0.717, 1.165) is 71.8 Å². The Morgan fingerprint density at radius 3 is 1.13 bits per heavy atom. The van der Waals surface area contributed by atoms with Crippen LogP contribution in [0, 0.1) is 0 Å².